The lowest BCUT2D eigenvalue weighted by Crippen LogP contribution is -2.38. The molecular formula is C26H33N3O5. The van der Waals surface area contributed by atoms with E-state index < -0.39 is 17.7 Å². The summed E-state index contributed by atoms with van der Waals surface area (Å²) >= 11 is 0. The maximum Gasteiger partial charge on any atom is 0.305 e. The Hall–Kier alpha value is -3.39. The van der Waals surface area contributed by atoms with Gasteiger partial charge in [-0.25, -0.2) is 9.67 Å². The van der Waals surface area contributed by atoms with Crippen LogP contribution in [-0.2, 0) is 9.53 Å². The number of aromatic nitrogens is 3. The van der Waals surface area contributed by atoms with Crippen molar-refractivity contribution < 1.29 is 24.1 Å². The minimum absolute atomic E-state index is 0.200. The lowest BCUT2D eigenvalue weighted by molar-refractivity contribution is -0.143. The van der Waals surface area contributed by atoms with E-state index in [0.29, 0.717) is 31.8 Å². The van der Waals surface area contributed by atoms with Crippen molar-refractivity contribution in [2.45, 2.75) is 52.9 Å². The van der Waals surface area contributed by atoms with Gasteiger partial charge < -0.3 is 19.3 Å². The minimum Gasteiger partial charge on any atom is -0.494 e. The van der Waals surface area contributed by atoms with E-state index in [1.807, 2.05) is 69.3 Å². The van der Waals surface area contributed by atoms with Crippen LogP contribution >= 0.6 is 0 Å². The number of esters is 1. The normalized spacial score (nSPS) is 13.2. The lowest BCUT2D eigenvalue weighted by atomic mass is 9.88. The van der Waals surface area contributed by atoms with Crippen LogP contribution in [0.3, 0.4) is 0 Å². The maximum absolute atomic E-state index is 11.4. The van der Waals surface area contributed by atoms with Gasteiger partial charge >= 0.3 is 5.97 Å². The van der Waals surface area contributed by atoms with Crippen LogP contribution in [0, 0.1) is 5.41 Å². The Kier molecular flexibility index (Phi) is 8.65. The van der Waals surface area contributed by atoms with Crippen LogP contribution in [0.5, 0.6) is 11.5 Å². The van der Waals surface area contributed by atoms with Crippen LogP contribution in [0.15, 0.2) is 61.2 Å². The Balaban J connectivity index is 1.60. The number of hydrogen-bond acceptors (Lipinski definition) is 7. The van der Waals surface area contributed by atoms with E-state index in [2.05, 4.69) is 10.1 Å². The zero-order chi connectivity index (χ0) is 24.6. The van der Waals surface area contributed by atoms with Gasteiger partial charge in [0.1, 0.15) is 30.3 Å². The molecule has 0 fully saturated rings. The molecule has 0 saturated carbocycles. The number of carbonyl (C=O) groups excluding carboxylic acids is 1. The molecular weight excluding hydrogens is 434 g/mol. The number of aliphatic hydroxyl groups excluding tert-OH is 1. The Morgan fingerprint density at radius 2 is 1.65 bits per heavy atom. The number of carbonyl (C=O) groups is 1. The van der Waals surface area contributed by atoms with E-state index in [1.165, 1.54) is 17.3 Å². The molecule has 3 rings (SSSR count). The zero-order valence-electron chi connectivity index (χ0n) is 20.2. The van der Waals surface area contributed by atoms with Gasteiger partial charge in [-0.3, -0.25) is 4.79 Å². The molecule has 0 radical (unpaired) electrons. The molecule has 8 heteroatoms. The van der Waals surface area contributed by atoms with Crippen LogP contribution < -0.4 is 9.47 Å². The smallest absolute Gasteiger partial charge is 0.305 e. The van der Waals surface area contributed by atoms with Crippen molar-refractivity contribution in [3.63, 3.8) is 0 Å². The van der Waals surface area contributed by atoms with Crippen molar-refractivity contribution in [2.24, 2.45) is 5.41 Å². The summed E-state index contributed by atoms with van der Waals surface area (Å²) in [5.74, 6) is 1.17. The number of aliphatic hydroxyl groups is 1. The van der Waals surface area contributed by atoms with Crippen molar-refractivity contribution in [2.75, 3.05) is 13.2 Å². The fraction of sp³-hybridized carbons (Fsp3) is 0.423. The van der Waals surface area contributed by atoms with Crippen LogP contribution in [0.4, 0.5) is 0 Å². The molecule has 2 aromatic carbocycles. The van der Waals surface area contributed by atoms with Gasteiger partial charge in [-0.2, -0.15) is 5.10 Å². The summed E-state index contributed by atoms with van der Waals surface area (Å²) < 4.78 is 18.2. The Morgan fingerprint density at radius 3 is 2.18 bits per heavy atom. The largest absolute Gasteiger partial charge is 0.494 e. The van der Waals surface area contributed by atoms with Crippen LogP contribution in [0.2, 0.25) is 0 Å². The first-order valence-electron chi connectivity index (χ1n) is 11.5. The molecule has 0 spiro atoms. The van der Waals surface area contributed by atoms with Gasteiger partial charge in [0, 0.05) is 6.42 Å². The highest BCUT2D eigenvalue weighted by molar-refractivity contribution is 5.69. The average molecular weight is 468 g/mol. The second kappa shape index (κ2) is 11.7. The van der Waals surface area contributed by atoms with E-state index in [1.54, 1.807) is 6.92 Å². The van der Waals surface area contributed by atoms with Crippen molar-refractivity contribution in [1.82, 2.24) is 14.8 Å². The highest BCUT2D eigenvalue weighted by Crippen LogP contribution is 2.31. The lowest BCUT2D eigenvalue weighted by Gasteiger charge is -2.32. The highest BCUT2D eigenvalue weighted by atomic mass is 16.5. The molecule has 3 aromatic rings. The Bertz CT molecular complexity index is 1010. The molecule has 0 aliphatic rings. The first kappa shape index (κ1) is 25.2. The zero-order valence-corrected chi connectivity index (χ0v) is 20.2. The third kappa shape index (κ3) is 7.05. The number of hydrogen-bond donors (Lipinski definition) is 1. The summed E-state index contributed by atoms with van der Waals surface area (Å²) in [6.07, 6.45) is 2.43. The molecule has 34 heavy (non-hydrogen) atoms. The molecule has 0 aliphatic heterocycles. The van der Waals surface area contributed by atoms with Crippen molar-refractivity contribution in [3.05, 3.63) is 61.2 Å². The SMILES string of the molecule is CCOC(=O)CCCOc1ccc(-c2ccc(OC(C(O)C(C)(C)C)n3cncn3)cc2)cc1. The van der Waals surface area contributed by atoms with Gasteiger partial charge in [0.05, 0.1) is 13.2 Å². The molecule has 2 unspecified atom stereocenters. The van der Waals surface area contributed by atoms with E-state index in [0.717, 1.165) is 16.9 Å². The number of rotatable bonds is 11. The van der Waals surface area contributed by atoms with Crippen molar-refractivity contribution in [3.8, 4) is 22.6 Å². The van der Waals surface area contributed by atoms with Crippen molar-refractivity contribution in [1.29, 1.82) is 0 Å². The third-order valence-corrected chi connectivity index (χ3v) is 5.25. The molecule has 1 N–H and O–H groups in total. The van der Waals surface area contributed by atoms with Gasteiger partial charge in [-0.1, -0.05) is 45.0 Å². The molecule has 0 aliphatic carbocycles. The van der Waals surface area contributed by atoms with Gasteiger partial charge in [0.2, 0.25) is 6.23 Å². The van der Waals surface area contributed by atoms with Crippen molar-refractivity contribution >= 4 is 5.97 Å². The van der Waals surface area contributed by atoms with Gasteiger partial charge in [0.25, 0.3) is 0 Å². The molecule has 182 valence electrons. The molecule has 8 nitrogen and oxygen atoms in total. The molecule has 0 saturated heterocycles. The second-order valence-electron chi connectivity index (χ2n) is 9.00. The number of benzene rings is 2. The fourth-order valence-electron chi connectivity index (χ4n) is 3.29. The predicted molar refractivity (Wildman–Crippen MR) is 128 cm³/mol. The minimum atomic E-state index is -0.793. The third-order valence-electron chi connectivity index (χ3n) is 5.25. The second-order valence-corrected chi connectivity index (χ2v) is 9.00. The molecule has 0 amide bonds. The Morgan fingerprint density at radius 1 is 1.03 bits per heavy atom. The highest BCUT2D eigenvalue weighted by Gasteiger charge is 2.34. The van der Waals surface area contributed by atoms with Crippen LogP contribution in [-0.4, -0.2) is 45.2 Å². The van der Waals surface area contributed by atoms with Gasteiger partial charge in [-0.05, 0) is 54.2 Å². The molecule has 0 bridgehead atoms. The first-order valence-corrected chi connectivity index (χ1v) is 11.5. The summed E-state index contributed by atoms with van der Waals surface area (Å²) in [6.45, 7) is 8.49. The van der Waals surface area contributed by atoms with E-state index in [4.69, 9.17) is 14.2 Å². The van der Waals surface area contributed by atoms with E-state index in [9.17, 15) is 9.90 Å². The monoisotopic (exact) mass is 467 g/mol. The van der Waals surface area contributed by atoms with Crippen LogP contribution in [0.1, 0.15) is 46.8 Å². The van der Waals surface area contributed by atoms with Gasteiger partial charge in [0.15, 0.2) is 0 Å². The summed E-state index contributed by atoms with van der Waals surface area (Å²) in [5, 5.41) is 15.0. The van der Waals surface area contributed by atoms with E-state index in [-0.39, 0.29) is 5.97 Å². The number of nitrogens with zero attached hydrogens (tertiary/aromatic N) is 3. The molecule has 2 atom stereocenters. The van der Waals surface area contributed by atoms with Crippen LogP contribution in [0.25, 0.3) is 11.1 Å². The molecule has 1 aromatic heterocycles. The Labute approximate surface area is 200 Å². The molecule has 1 heterocycles. The summed E-state index contributed by atoms with van der Waals surface area (Å²) in [4.78, 5) is 15.3. The summed E-state index contributed by atoms with van der Waals surface area (Å²) in [6, 6.07) is 15.5. The fourth-order valence-corrected chi connectivity index (χ4v) is 3.29. The van der Waals surface area contributed by atoms with E-state index >= 15 is 0 Å². The quantitative estimate of drug-likeness (QED) is 0.324. The topological polar surface area (TPSA) is 95.7 Å². The summed E-state index contributed by atoms with van der Waals surface area (Å²) in [7, 11) is 0. The first-order chi connectivity index (χ1) is 16.3. The standard InChI is InChI=1S/C26H33N3O5/c1-5-32-23(30)7-6-16-33-21-12-8-19(9-13-21)20-10-14-22(15-11-20)34-25(24(31)26(2,3)4)29-18-27-17-28-29/h8-15,17-18,24-25,31H,5-7,16H2,1-4H3. The maximum atomic E-state index is 11.4. The predicted octanol–water partition coefficient (Wildman–Crippen LogP) is 4.65. The van der Waals surface area contributed by atoms with Gasteiger partial charge in [-0.15, -0.1) is 0 Å². The summed E-state index contributed by atoms with van der Waals surface area (Å²) in [5.41, 5.74) is 1.65. The number of ether oxygens (including phenoxy) is 3. The average Bonchev–Trinajstić information content (AvgIpc) is 3.35.